The van der Waals surface area contributed by atoms with Crippen LogP contribution < -0.4 is 9.62 Å². The van der Waals surface area contributed by atoms with E-state index in [2.05, 4.69) is 4.72 Å². The first kappa shape index (κ1) is 16.5. The molecule has 0 bridgehead atoms. The molecule has 0 aliphatic carbocycles. The van der Waals surface area contributed by atoms with Gasteiger partial charge in [0.15, 0.2) is 0 Å². The lowest BCUT2D eigenvalue weighted by molar-refractivity contribution is -0.139. The lowest BCUT2D eigenvalue weighted by atomic mass is 10.2. The average molecular weight is 300 g/mol. The van der Waals surface area contributed by atoms with Gasteiger partial charge in [-0.15, -0.1) is 0 Å². The number of hydrogen-bond donors (Lipinski definition) is 2. The Labute approximate surface area is 119 Å². The van der Waals surface area contributed by atoms with Crippen molar-refractivity contribution in [2.75, 3.05) is 19.0 Å². The van der Waals surface area contributed by atoms with Gasteiger partial charge in [0.05, 0.1) is 4.90 Å². The van der Waals surface area contributed by atoms with Crippen LogP contribution in [0.5, 0.6) is 0 Å². The van der Waals surface area contributed by atoms with E-state index in [-0.39, 0.29) is 11.3 Å². The number of hydrogen-bond acceptors (Lipinski definition) is 4. The number of nitrogens with zero attached hydrogens (tertiary/aromatic N) is 1. The molecule has 0 aromatic heterocycles. The van der Waals surface area contributed by atoms with Crippen LogP contribution in [0.2, 0.25) is 0 Å². The summed E-state index contributed by atoms with van der Waals surface area (Å²) in [6.45, 7) is 1.80. The molecule has 112 valence electrons. The predicted molar refractivity (Wildman–Crippen MR) is 77.4 cm³/mol. The van der Waals surface area contributed by atoms with Crippen LogP contribution in [0.4, 0.5) is 5.69 Å². The standard InChI is InChI=1S/C13H20N2O4S/c1-4-5-12(13(16)17)14-20(18,19)11-8-6-10(7-9-11)15(2)3/h6-9,12,14H,4-5H2,1-3H3,(H,16,17). The fourth-order valence-electron chi connectivity index (χ4n) is 1.70. The fourth-order valence-corrected chi connectivity index (χ4v) is 2.92. The van der Waals surface area contributed by atoms with Gasteiger partial charge in [-0.25, -0.2) is 8.42 Å². The molecule has 0 saturated heterocycles. The summed E-state index contributed by atoms with van der Waals surface area (Å²) in [5.41, 5.74) is 0.868. The van der Waals surface area contributed by atoms with E-state index in [9.17, 15) is 13.2 Å². The summed E-state index contributed by atoms with van der Waals surface area (Å²) in [4.78, 5) is 12.9. The molecular weight excluding hydrogens is 280 g/mol. The Hall–Kier alpha value is -1.60. The average Bonchev–Trinajstić information content (AvgIpc) is 2.38. The lowest BCUT2D eigenvalue weighted by Gasteiger charge is -2.15. The fraction of sp³-hybridized carbons (Fsp3) is 0.462. The number of carboxylic acids is 1. The summed E-state index contributed by atoms with van der Waals surface area (Å²) >= 11 is 0. The summed E-state index contributed by atoms with van der Waals surface area (Å²) in [5.74, 6) is -1.17. The summed E-state index contributed by atoms with van der Waals surface area (Å²) in [6.07, 6.45) is 0.837. The summed E-state index contributed by atoms with van der Waals surface area (Å²) in [6, 6.07) is 5.16. The van der Waals surface area contributed by atoms with Gasteiger partial charge in [0.2, 0.25) is 10.0 Å². The monoisotopic (exact) mass is 300 g/mol. The molecule has 20 heavy (non-hydrogen) atoms. The van der Waals surface area contributed by atoms with E-state index in [1.165, 1.54) is 12.1 Å². The van der Waals surface area contributed by atoms with E-state index >= 15 is 0 Å². The maximum atomic E-state index is 12.1. The molecule has 0 amide bonds. The number of rotatable bonds is 7. The van der Waals surface area contributed by atoms with Gasteiger partial charge >= 0.3 is 5.97 Å². The minimum atomic E-state index is -3.82. The van der Waals surface area contributed by atoms with Gasteiger partial charge in [0.1, 0.15) is 6.04 Å². The van der Waals surface area contributed by atoms with Crippen LogP contribution in [0, 0.1) is 0 Å². The van der Waals surface area contributed by atoms with Crippen molar-refractivity contribution in [1.29, 1.82) is 0 Å². The summed E-state index contributed by atoms with van der Waals surface area (Å²) < 4.78 is 26.4. The van der Waals surface area contributed by atoms with E-state index in [0.29, 0.717) is 6.42 Å². The quantitative estimate of drug-likeness (QED) is 0.792. The van der Waals surface area contributed by atoms with E-state index in [1.807, 2.05) is 19.0 Å². The summed E-state index contributed by atoms with van der Waals surface area (Å²) in [7, 11) is -0.117. The van der Waals surface area contributed by atoms with Gasteiger partial charge in [-0.2, -0.15) is 4.72 Å². The van der Waals surface area contributed by atoms with E-state index in [1.54, 1.807) is 19.1 Å². The van der Waals surface area contributed by atoms with Crippen molar-refractivity contribution in [2.24, 2.45) is 0 Å². The van der Waals surface area contributed by atoms with Gasteiger partial charge in [-0.1, -0.05) is 13.3 Å². The smallest absolute Gasteiger partial charge is 0.321 e. The highest BCUT2D eigenvalue weighted by molar-refractivity contribution is 7.89. The maximum Gasteiger partial charge on any atom is 0.321 e. The first-order valence-electron chi connectivity index (χ1n) is 6.30. The molecule has 0 radical (unpaired) electrons. The molecule has 7 heteroatoms. The van der Waals surface area contributed by atoms with Crippen LogP contribution in [-0.2, 0) is 14.8 Å². The zero-order chi connectivity index (χ0) is 15.3. The first-order valence-corrected chi connectivity index (χ1v) is 7.78. The molecule has 1 unspecified atom stereocenters. The van der Waals surface area contributed by atoms with Crippen LogP contribution in [-0.4, -0.2) is 39.6 Å². The third-order valence-corrected chi connectivity index (χ3v) is 4.32. The van der Waals surface area contributed by atoms with Crippen molar-refractivity contribution in [3.8, 4) is 0 Å². The maximum absolute atomic E-state index is 12.1. The molecule has 0 aliphatic rings. The van der Waals surface area contributed by atoms with Crippen LogP contribution in [0.15, 0.2) is 29.2 Å². The van der Waals surface area contributed by atoms with E-state index in [0.717, 1.165) is 5.69 Å². The Bertz CT molecular complexity index is 552. The van der Waals surface area contributed by atoms with E-state index < -0.39 is 22.0 Å². The molecule has 1 rings (SSSR count). The number of benzene rings is 1. The van der Waals surface area contributed by atoms with Crippen molar-refractivity contribution >= 4 is 21.7 Å². The molecule has 0 aliphatic heterocycles. The molecule has 1 atom stereocenters. The molecule has 0 fully saturated rings. The number of carboxylic acid groups (broad SMARTS) is 1. The molecule has 0 spiro atoms. The number of carbonyl (C=O) groups is 1. The Kier molecular flexibility index (Phi) is 5.52. The Balaban J connectivity index is 2.95. The van der Waals surface area contributed by atoms with Crippen molar-refractivity contribution in [1.82, 2.24) is 4.72 Å². The van der Waals surface area contributed by atoms with Crippen LogP contribution in [0.25, 0.3) is 0 Å². The van der Waals surface area contributed by atoms with Gasteiger partial charge in [0, 0.05) is 19.8 Å². The van der Waals surface area contributed by atoms with Gasteiger partial charge < -0.3 is 10.0 Å². The van der Waals surface area contributed by atoms with Crippen LogP contribution in [0.3, 0.4) is 0 Å². The van der Waals surface area contributed by atoms with Crippen molar-refractivity contribution in [3.63, 3.8) is 0 Å². The van der Waals surface area contributed by atoms with Crippen molar-refractivity contribution in [3.05, 3.63) is 24.3 Å². The first-order chi connectivity index (χ1) is 9.27. The topological polar surface area (TPSA) is 86.7 Å². The normalized spacial score (nSPS) is 12.9. The SMILES string of the molecule is CCCC(NS(=O)(=O)c1ccc(N(C)C)cc1)C(=O)O. The Morgan fingerprint density at radius 2 is 1.85 bits per heavy atom. The molecule has 6 nitrogen and oxygen atoms in total. The summed E-state index contributed by atoms with van der Waals surface area (Å²) in [5, 5.41) is 9.00. The second-order valence-electron chi connectivity index (χ2n) is 4.69. The molecule has 0 heterocycles. The second kappa shape index (κ2) is 6.71. The van der Waals surface area contributed by atoms with Gasteiger partial charge in [0.25, 0.3) is 0 Å². The Morgan fingerprint density at radius 3 is 2.25 bits per heavy atom. The third kappa shape index (κ3) is 4.21. The molecule has 1 aromatic carbocycles. The molecule has 2 N–H and O–H groups in total. The predicted octanol–water partition coefficient (Wildman–Crippen LogP) is 1.28. The highest BCUT2D eigenvalue weighted by Gasteiger charge is 2.24. The number of aliphatic carboxylic acids is 1. The van der Waals surface area contributed by atoms with Gasteiger partial charge in [-0.3, -0.25) is 4.79 Å². The third-order valence-electron chi connectivity index (χ3n) is 2.84. The molecular formula is C13H20N2O4S. The number of nitrogens with one attached hydrogen (secondary N) is 1. The van der Waals surface area contributed by atoms with Gasteiger partial charge in [-0.05, 0) is 30.7 Å². The second-order valence-corrected chi connectivity index (χ2v) is 6.40. The number of sulfonamides is 1. The van der Waals surface area contributed by atoms with Crippen molar-refractivity contribution < 1.29 is 18.3 Å². The molecule has 0 saturated carbocycles. The molecule has 1 aromatic rings. The minimum Gasteiger partial charge on any atom is -0.480 e. The minimum absolute atomic E-state index is 0.0606. The Morgan fingerprint density at radius 1 is 1.30 bits per heavy atom. The lowest BCUT2D eigenvalue weighted by Crippen LogP contribution is -2.40. The largest absolute Gasteiger partial charge is 0.480 e. The zero-order valence-corrected chi connectivity index (χ0v) is 12.6. The number of anilines is 1. The highest BCUT2D eigenvalue weighted by atomic mass is 32.2. The highest BCUT2D eigenvalue weighted by Crippen LogP contribution is 2.16. The van der Waals surface area contributed by atoms with Crippen LogP contribution in [0.1, 0.15) is 19.8 Å². The van der Waals surface area contributed by atoms with Crippen LogP contribution >= 0.6 is 0 Å². The van der Waals surface area contributed by atoms with Crippen molar-refractivity contribution in [2.45, 2.75) is 30.7 Å². The zero-order valence-electron chi connectivity index (χ0n) is 11.8. The van der Waals surface area contributed by atoms with E-state index in [4.69, 9.17) is 5.11 Å².